The van der Waals surface area contributed by atoms with Crippen LogP contribution in [-0.2, 0) is 16.0 Å². The number of hydrogen-bond donors (Lipinski definition) is 0. The number of esters is 1. The van der Waals surface area contributed by atoms with Crippen LogP contribution in [0.25, 0.3) is 0 Å². The third-order valence-corrected chi connectivity index (χ3v) is 3.63. The number of nitrogens with zero attached hydrogens (tertiary/aromatic N) is 2. The van der Waals surface area contributed by atoms with Crippen molar-refractivity contribution < 1.29 is 9.53 Å². The number of carbonyl (C=O) groups is 1. The monoisotopic (exact) mass is 326 g/mol. The van der Waals surface area contributed by atoms with Crippen LogP contribution in [0.3, 0.4) is 0 Å². The molecule has 0 N–H and O–H groups in total. The number of aryl methyl sites for hydroxylation is 1. The van der Waals surface area contributed by atoms with E-state index in [-0.39, 0.29) is 5.97 Å². The summed E-state index contributed by atoms with van der Waals surface area (Å²) >= 11 is 12.1. The first-order valence-electron chi connectivity index (χ1n) is 6.63. The summed E-state index contributed by atoms with van der Waals surface area (Å²) in [6.45, 7) is 3.97. The summed E-state index contributed by atoms with van der Waals surface area (Å²) in [6.07, 6.45) is 2.16. The Balaban J connectivity index is 2.29. The highest BCUT2D eigenvalue weighted by molar-refractivity contribution is 6.35. The van der Waals surface area contributed by atoms with E-state index in [1.807, 2.05) is 19.1 Å². The minimum Gasteiger partial charge on any atom is -0.464 e. The second-order valence-electron chi connectivity index (χ2n) is 4.64. The Morgan fingerprint density at radius 3 is 2.71 bits per heavy atom. The van der Waals surface area contributed by atoms with Gasteiger partial charge in [0.05, 0.1) is 12.3 Å². The van der Waals surface area contributed by atoms with Crippen LogP contribution in [0.2, 0.25) is 10.0 Å². The van der Waals surface area contributed by atoms with Crippen molar-refractivity contribution in [1.29, 1.82) is 0 Å². The predicted octanol–water partition coefficient (Wildman–Crippen LogP) is 3.85. The van der Waals surface area contributed by atoms with Crippen molar-refractivity contribution in [3.63, 3.8) is 0 Å². The lowest BCUT2D eigenvalue weighted by Gasteiger charge is -2.17. The molecule has 0 bridgehead atoms. The molecule has 0 aliphatic heterocycles. The van der Waals surface area contributed by atoms with Gasteiger partial charge in [0.2, 0.25) is 0 Å². The van der Waals surface area contributed by atoms with Crippen LogP contribution < -0.4 is 0 Å². The first-order chi connectivity index (χ1) is 10.0. The molecule has 112 valence electrons. The molecule has 0 saturated heterocycles. The Kier molecular flexibility index (Phi) is 5.26. The lowest BCUT2D eigenvalue weighted by Crippen LogP contribution is -2.24. The topological polar surface area (TPSA) is 44.1 Å². The Morgan fingerprint density at radius 2 is 2.14 bits per heavy atom. The Morgan fingerprint density at radius 1 is 1.38 bits per heavy atom. The molecule has 2 rings (SSSR count). The smallest absolute Gasteiger partial charge is 0.331 e. The lowest BCUT2D eigenvalue weighted by molar-refractivity contribution is -0.147. The van der Waals surface area contributed by atoms with Crippen LogP contribution in [0.5, 0.6) is 0 Å². The van der Waals surface area contributed by atoms with E-state index in [1.165, 1.54) is 0 Å². The number of ether oxygens (including phenoxy) is 1. The van der Waals surface area contributed by atoms with Crippen molar-refractivity contribution in [2.24, 2.45) is 0 Å². The highest BCUT2D eigenvalue weighted by Crippen LogP contribution is 2.25. The van der Waals surface area contributed by atoms with Crippen LogP contribution in [-0.4, -0.2) is 22.4 Å². The molecular weight excluding hydrogens is 311 g/mol. The van der Waals surface area contributed by atoms with E-state index in [4.69, 9.17) is 27.9 Å². The first kappa shape index (κ1) is 15.9. The van der Waals surface area contributed by atoms with E-state index in [9.17, 15) is 4.79 Å². The van der Waals surface area contributed by atoms with Crippen LogP contribution in [0.15, 0.2) is 30.5 Å². The summed E-state index contributed by atoms with van der Waals surface area (Å²) in [6, 6.07) is 6.52. The van der Waals surface area contributed by atoms with Crippen LogP contribution in [0.1, 0.15) is 24.2 Å². The third-order valence-electron chi connectivity index (χ3n) is 3.05. The molecule has 0 fully saturated rings. The van der Waals surface area contributed by atoms with Crippen LogP contribution >= 0.6 is 23.2 Å². The Labute approximate surface area is 133 Å². The number of rotatable bonds is 5. The maximum absolute atomic E-state index is 12.2. The van der Waals surface area contributed by atoms with Crippen molar-refractivity contribution >= 4 is 29.2 Å². The molecule has 1 atom stereocenters. The number of halogens is 2. The van der Waals surface area contributed by atoms with Crippen LogP contribution in [0.4, 0.5) is 0 Å². The molecule has 2 aromatic rings. The van der Waals surface area contributed by atoms with Gasteiger partial charge in [-0.25, -0.2) is 4.79 Å². The number of aromatic nitrogens is 2. The molecule has 0 amide bonds. The minimum absolute atomic E-state index is 0.323. The summed E-state index contributed by atoms with van der Waals surface area (Å²) in [4.78, 5) is 12.2. The van der Waals surface area contributed by atoms with Gasteiger partial charge < -0.3 is 4.74 Å². The molecular formula is C15H16Cl2N2O2. The van der Waals surface area contributed by atoms with E-state index in [1.54, 1.807) is 29.9 Å². The zero-order valence-corrected chi connectivity index (χ0v) is 13.4. The summed E-state index contributed by atoms with van der Waals surface area (Å²) in [5.41, 5.74) is 1.67. The van der Waals surface area contributed by atoms with Crippen molar-refractivity contribution in [2.75, 3.05) is 6.61 Å². The molecule has 1 aromatic carbocycles. The molecule has 0 radical (unpaired) electrons. The maximum Gasteiger partial charge on any atom is 0.331 e. The summed E-state index contributed by atoms with van der Waals surface area (Å²) in [5.74, 6) is -0.327. The molecule has 0 aliphatic carbocycles. The van der Waals surface area contributed by atoms with Gasteiger partial charge in [-0.2, -0.15) is 5.10 Å². The average molecular weight is 327 g/mol. The predicted molar refractivity (Wildman–Crippen MR) is 82.8 cm³/mol. The SMILES string of the molecule is CCOC(=O)C(Cc1ccc(Cl)cc1Cl)n1ccc(C)n1. The van der Waals surface area contributed by atoms with E-state index < -0.39 is 6.04 Å². The van der Waals surface area contributed by atoms with Gasteiger partial charge in [0.1, 0.15) is 0 Å². The van der Waals surface area contributed by atoms with Gasteiger partial charge in [0.15, 0.2) is 6.04 Å². The molecule has 0 aliphatic rings. The van der Waals surface area contributed by atoms with E-state index in [0.29, 0.717) is 23.1 Å². The second kappa shape index (κ2) is 6.96. The van der Waals surface area contributed by atoms with Crippen molar-refractivity contribution in [3.05, 3.63) is 51.8 Å². The van der Waals surface area contributed by atoms with Gasteiger partial charge in [0.25, 0.3) is 0 Å². The Hall–Kier alpha value is -1.52. The normalized spacial score (nSPS) is 12.2. The number of hydrogen-bond acceptors (Lipinski definition) is 3. The van der Waals surface area contributed by atoms with Gasteiger partial charge in [-0.15, -0.1) is 0 Å². The number of carbonyl (C=O) groups excluding carboxylic acids is 1. The molecule has 21 heavy (non-hydrogen) atoms. The zero-order valence-electron chi connectivity index (χ0n) is 11.8. The first-order valence-corrected chi connectivity index (χ1v) is 7.39. The third kappa shape index (κ3) is 3.99. The molecule has 0 spiro atoms. The minimum atomic E-state index is -0.544. The van der Waals surface area contributed by atoms with Crippen molar-refractivity contribution in [2.45, 2.75) is 26.3 Å². The van der Waals surface area contributed by atoms with Gasteiger partial charge in [-0.05, 0) is 37.6 Å². The standard InChI is InChI=1S/C15H16Cl2N2O2/c1-3-21-15(20)14(19-7-6-10(2)18-19)8-11-4-5-12(16)9-13(11)17/h4-7,9,14H,3,8H2,1-2H3. The molecule has 6 heteroatoms. The van der Waals surface area contributed by atoms with Crippen molar-refractivity contribution in [3.8, 4) is 0 Å². The van der Waals surface area contributed by atoms with E-state index in [2.05, 4.69) is 5.10 Å². The highest BCUT2D eigenvalue weighted by atomic mass is 35.5. The van der Waals surface area contributed by atoms with Crippen molar-refractivity contribution in [1.82, 2.24) is 9.78 Å². The maximum atomic E-state index is 12.2. The lowest BCUT2D eigenvalue weighted by atomic mass is 10.1. The zero-order chi connectivity index (χ0) is 15.4. The fourth-order valence-corrected chi connectivity index (χ4v) is 2.51. The largest absolute Gasteiger partial charge is 0.464 e. The quantitative estimate of drug-likeness (QED) is 0.784. The van der Waals surface area contributed by atoms with Crippen LogP contribution in [0, 0.1) is 6.92 Å². The average Bonchev–Trinajstić information content (AvgIpc) is 2.84. The molecule has 1 unspecified atom stereocenters. The molecule has 1 heterocycles. The summed E-state index contributed by atoms with van der Waals surface area (Å²) in [7, 11) is 0. The fraction of sp³-hybridized carbons (Fsp3) is 0.333. The molecule has 0 saturated carbocycles. The van der Waals surface area contributed by atoms with Gasteiger partial charge in [-0.3, -0.25) is 4.68 Å². The second-order valence-corrected chi connectivity index (χ2v) is 5.49. The summed E-state index contributed by atoms with van der Waals surface area (Å²) in [5, 5.41) is 5.39. The van der Waals surface area contributed by atoms with Gasteiger partial charge in [-0.1, -0.05) is 29.3 Å². The van der Waals surface area contributed by atoms with Gasteiger partial charge >= 0.3 is 5.97 Å². The highest BCUT2D eigenvalue weighted by Gasteiger charge is 2.24. The number of benzene rings is 1. The molecule has 4 nitrogen and oxygen atoms in total. The van der Waals surface area contributed by atoms with E-state index in [0.717, 1.165) is 11.3 Å². The molecule has 1 aromatic heterocycles. The van der Waals surface area contributed by atoms with E-state index >= 15 is 0 Å². The summed E-state index contributed by atoms with van der Waals surface area (Å²) < 4.78 is 6.74. The van der Waals surface area contributed by atoms with Gasteiger partial charge in [0, 0.05) is 22.7 Å². The Bertz CT molecular complexity index is 640. The fourth-order valence-electron chi connectivity index (χ4n) is 2.03.